The van der Waals surface area contributed by atoms with E-state index in [0.717, 1.165) is 24.8 Å². The predicted molar refractivity (Wildman–Crippen MR) is 110 cm³/mol. The Balaban J connectivity index is 1.30. The normalized spacial score (nSPS) is 17.0. The number of rotatable bonds is 6. The molecule has 1 aliphatic carbocycles. The second kappa shape index (κ2) is 8.73. The van der Waals surface area contributed by atoms with E-state index in [2.05, 4.69) is 0 Å². The molecule has 1 saturated heterocycles. The van der Waals surface area contributed by atoms with Crippen molar-refractivity contribution in [3.63, 3.8) is 0 Å². The van der Waals surface area contributed by atoms with Gasteiger partial charge in [-0.1, -0.05) is 18.2 Å². The van der Waals surface area contributed by atoms with Crippen LogP contribution in [0.2, 0.25) is 0 Å². The molecule has 2 aliphatic rings. The Morgan fingerprint density at radius 3 is 2.50 bits per heavy atom. The van der Waals surface area contributed by atoms with E-state index in [4.69, 9.17) is 4.74 Å². The zero-order valence-corrected chi connectivity index (χ0v) is 17.5. The van der Waals surface area contributed by atoms with Gasteiger partial charge in [0.2, 0.25) is 15.9 Å². The molecule has 1 fully saturated rings. The number of amides is 1. The molecule has 1 heterocycles. The lowest BCUT2D eigenvalue weighted by molar-refractivity contribution is -0.132. The average molecular weight is 433 g/mol. The number of para-hydroxylation sites is 1. The molecule has 0 atom stereocenters. The second-order valence-electron chi connectivity index (χ2n) is 7.60. The first-order valence-electron chi connectivity index (χ1n) is 10.2. The van der Waals surface area contributed by atoms with Gasteiger partial charge in [0.15, 0.2) is 11.6 Å². The first kappa shape index (κ1) is 20.8. The van der Waals surface area contributed by atoms with Gasteiger partial charge in [0, 0.05) is 26.2 Å². The van der Waals surface area contributed by atoms with Crippen molar-refractivity contribution in [1.82, 2.24) is 9.21 Å². The molecule has 2 aromatic rings. The number of aryl methyl sites for hydroxylation is 2. The third-order valence-electron chi connectivity index (χ3n) is 5.71. The van der Waals surface area contributed by atoms with Crippen LogP contribution in [-0.2, 0) is 27.7 Å². The molecule has 0 aromatic heterocycles. The van der Waals surface area contributed by atoms with Crippen molar-refractivity contribution < 1.29 is 22.3 Å². The molecule has 6 nitrogen and oxygen atoms in total. The molecule has 1 amide bonds. The number of sulfonamides is 1. The van der Waals surface area contributed by atoms with Crippen molar-refractivity contribution in [3.8, 4) is 5.75 Å². The molecule has 8 heteroatoms. The van der Waals surface area contributed by atoms with E-state index in [9.17, 15) is 17.6 Å². The number of carbonyl (C=O) groups excluding carboxylic acids is 1. The number of hydrogen-bond acceptors (Lipinski definition) is 4. The summed E-state index contributed by atoms with van der Waals surface area (Å²) in [5, 5.41) is 0. The zero-order chi connectivity index (χ0) is 21.1. The maximum absolute atomic E-state index is 13.6. The minimum atomic E-state index is -3.56. The molecule has 160 valence electrons. The smallest absolute Gasteiger partial charge is 0.243 e. The second-order valence-corrected chi connectivity index (χ2v) is 9.54. The third kappa shape index (κ3) is 4.34. The lowest BCUT2D eigenvalue weighted by atomic mass is 10.1. The Morgan fingerprint density at radius 1 is 1.00 bits per heavy atom. The van der Waals surface area contributed by atoms with Gasteiger partial charge in [-0.3, -0.25) is 4.79 Å². The number of piperazine rings is 1. The number of nitrogens with zero attached hydrogens (tertiary/aromatic N) is 2. The SMILES string of the molecule is O=C(CCOc1ccccc1F)N1CCN(S(=O)(=O)c2ccc3c(c2)CCC3)CC1. The molecule has 0 saturated carbocycles. The summed E-state index contributed by atoms with van der Waals surface area (Å²) in [5.74, 6) is -0.466. The summed E-state index contributed by atoms with van der Waals surface area (Å²) >= 11 is 0. The molecule has 30 heavy (non-hydrogen) atoms. The first-order chi connectivity index (χ1) is 14.4. The lowest BCUT2D eigenvalue weighted by Crippen LogP contribution is -2.50. The Kier molecular flexibility index (Phi) is 6.06. The van der Waals surface area contributed by atoms with E-state index in [0.29, 0.717) is 18.0 Å². The van der Waals surface area contributed by atoms with Gasteiger partial charge in [0.05, 0.1) is 17.9 Å². The van der Waals surface area contributed by atoms with Crippen LogP contribution in [0.4, 0.5) is 4.39 Å². The van der Waals surface area contributed by atoms with Gasteiger partial charge >= 0.3 is 0 Å². The topological polar surface area (TPSA) is 66.9 Å². The highest BCUT2D eigenvalue weighted by atomic mass is 32.2. The summed E-state index contributed by atoms with van der Waals surface area (Å²) in [7, 11) is -3.56. The van der Waals surface area contributed by atoms with Gasteiger partial charge in [-0.15, -0.1) is 0 Å². The largest absolute Gasteiger partial charge is 0.490 e. The Bertz CT molecular complexity index is 1030. The van der Waals surface area contributed by atoms with E-state index in [1.807, 2.05) is 6.07 Å². The van der Waals surface area contributed by atoms with Crippen molar-refractivity contribution in [1.29, 1.82) is 0 Å². The standard InChI is InChI=1S/C22H25FN2O4S/c23-20-6-1-2-7-21(20)29-15-10-22(26)24-11-13-25(14-12-24)30(27,28)19-9-8-17-4-3-5-18(17)16-19/h1-2,6-9,16H,3-5,10-15H2. The van der Waals surface area contributed by atoms with E-state index < -0.39 is 15.8 Å². The van der Waals surface area contributed by atoms with Gasteiger partial charge in [-0.25, -0.2) is 12.8 Å². The molecule has 0 unspecified atom stereocenters. The van der Waals surface area contributed by atoms with Crippen LogP contribution in [0.3, 0.4) is 0 Å². The maximum Gasteiger partial charge on any atom is 0.243 e. The number of hydrogen-bond donors (Lipinski definition) is 0. The molecule has 1 aliphatic heterocycles. The molecular formula is C22H25FN2O4S. The van der Waals surface area contributed by atoms with Crippen LogP contribution >= 0.6 is 0 Å². The summed E-state index contributed by atoms with van der Waals surface area (Å²) in [6.45, 7) is 1.28. The fourth-order valence-electron chi connectivity index (χ4n) is 4.00. The van der Waals surface area contributed by atoms with Crippen molar-refractivity contribution >= 4 is 15.9 Å². The van der Waals surface area contributed by atoms with Gasteiger partial charge < -0.3 is 9.64 Å². The van der Waals surface area contributed by atoms with Crippen LogP contribution in [0, 0.1) is 5.82 Å². The fraction of sp³-hybridized carbons (Fsp3) is 0.409. The number of ether oxygens (including phenoxy) is 1. The average Bonchev–Trinajstić information content (AvgIpc) is 3.23. The lowest BCUT2D eigenvalue weighted by Gasteiger charge is -2.34. The number of halogens is 1. The van der Waals surface area contributed by atoms with Crippen LogP contribution in [-0.4, -0.2) is 56.3 Å². The van der Waals surface area contributed by atoms with Crippen LogP contribution in [0.5, 0.6) is 5.75 Å². The highest BCUT2D eigenvalue weighted by Crippen LogP contribution is 2.26. The van der Waals surface area contributed by atoms with Gasteiger partial charge in [-0.05, 0) is 54.7 Å². The summed E-state index contributed by atoms with van der Waals surface area (Å²) < 4.78 is 46.3. The minimum absolute atomic E-state index is 0.0768. The molecule has 0 spiro atoms. The first-order valence-corrected chi connectivity index (χ1v) is 11.7. The molecule has 2 aromatic carbocycles. The van der Waals surface area contributed by atoms with Gasteiger partial charge in [-0.2, -0.15) is 4.31 Å². The Hall–Kier alpha value is -2.45. The minimum Gasteiger partial charge on any atom is -0.490 e. The highest BCUT2D eigenvalue weighted by Gasteiger charge is 2.30. The van der Waals surface area contributed by atoms with Gasteiger partial charge in [0.25, 0.3) is 0 Å². The van der Waals surface area contributed by atoms with Crippen LogP contribution < -0.4 is 4.74 Å². The molecule has 4 rings (SSSR count). The maximum atomic E-state index is 13.6. The fourth-order valence-corrected chi connectivity index (χ4v) is 5.48. The molecule has 0 N–H and O–H groups in total. The molecule has 0 bridgehead atoms. The quantitative estimate of drug-likeness (QED) is 0.704. The Labute approximate surface area is 176 Å². The van der Waals surface area contributed by atoms with E-state index >= 15 is 0 Å². The van der Waals surface area contributed by atoms with Crippen molar-refractivity contribution in [2.75, 3.05) is 32.8 Å². The zero-order valence-electron chi connectivity index (χ0n) is 16.7. The van der Waals surface area contributed by atoms with Gasteiger partial charge in [0.1, 0.15) is 0 Å². The number of carbonyl (C=O) groups is 1. The summed E-state index contributed by atoms with van der Waals surface area (Å²) in [6.07, 6.45) is 3.12. The number of fused-ring (bicyclic) bond motifs is 1. The monoisotopic (exact) mass is 432 g/mol. The summed E-state index contributed by atoms with van der Waals surface area (Å²) in [5.41, 5.74) is 2.36. The van der Waals surface area contributed by atoms with E-state index in [1.54, 1.807) is 29.2 Å². The summed E-state index contributed by atoms with van der Waals surface area (Å²) in [4.78, 5) is 14.4. The highest BCUT2D eigenvalue weighted by molar-refractivity contribution is 7.89. The number of benzene rings is 2. The van der Waals surface area contributed by atoms with Crippen LogP contribution in [0.1, 0.15) is 24.0 Å². The van der Waals surface area contributed by atoms with E-state index in [1.165, 1.54) is 22.0 Å². The van der Waals surface area contributed by atoms with Crippen molar-refractivity contribution in [2.24, 2.45) is 0 Å². The third-order valence-corrected chi connectivity index (χ3v) is 7.60. The molecule has 0 radical (unpaired) electrons. The predicted octanol–water partition coefficient (Wildman–Crippen LogP) is 2.62. The summed E-state index contributed by atoms with van der Waals surface area (Å²) in [6, 6.07) is 11.5. The molecular weight excluding hydrogens is 407 g/mol. The Morgan fingerprint density at radius 2 is 1.73 bits per heavy atom. The van der Waals surface area contributed by atoms with E-state index in [-0.39, 0.29) is 37.8 Å². The van der Waals surface area contributed by atoms with Crippen molar-refractivity contribution in [3.05, 3.63) is 59.4 Å². The van der Waals surface area contributed by atoms with Crippen LogP contribution in [0.25, 0.3) is 0 Å². The van der Waals surface area contributed by atoms with Crippen LogP contribution in [0.15, 0.2) is 47.4 Å². The van der Waals surface area contributed by atoms with Crippen molar-refractivity contribution in [2.45, 2.75) is 30.6 Å².